The Bertz CT molecular complexity index is 373. The number of nitrogens with zero attached hydrogens (tertiary/aromatic N) is 2. The molecular formula is C12H23N5. The first-order valence-electron chi connectivity index (χ1n) is 6.04. The lowest BCUT2D eigenvalue weighted by Crippen LogP contribution is -2.17. The number of hydrogen-bond donors (Lipinski definition) is 3. The molecule has 0 aromatic carbocycles. The molecule has 0 saturated heterocycles. The van der Waals surface area contributed by atoms with E-state index in [-0.39, 0.29) is 5.92 Å². The molecule has 17 heavy (non-hydrogen) atoms. The predicted octanol–water partition coefficient (Wildman–Crippen LogP) is 2.26. The Hall–Kier alpha value is -1.36. The number of nitrogens with one attached hydrogen (secondary N) is 2. The molecule has 0 amide bonds. The highest BCUT2D eigenvalue weighted by Crippen LogP contribution is 2.22. The van der Waals surface area contributed by atoms with Crippen LogP contribution in [0, 0.1) is 12.8 Å². The van der Waals surface area contributed by atoms with Crippen molar-refractivity contribution in [1.82, 2.24) is 9.97 Å². The quantitative estimate of drug-likeness (QED) is 0.541. The van der Waals surface area contributed by atoms with Gasteiger partial charge in [0.1, 0.15) is 17.5 Å². The summed E-state index contributed by atoms with van der Waals surface area (Å²) in [5.41, 5.74) is 3.58. The Morgan fingerprint density at radius 1 is 1.12 bits per heavy atom. The van der Waals surface area contributed by atoms with Gasteiger partial charge in [-0.1, -0.05) is 27.7 Å². The molecule has 1 aromatic heterocycles. The van der Waals surface area contributed by atoms with Crippen LogP contribution in [0.2, 0.25) is 0 Å². The maximum Gasteiger partial charge on any atom is 0.148 e. The second-order valence-electron chi connectivity index (χ2n) is 4.98. The summed E-state index contributed by atoms with van der Waals surface area (Å²) in [6.07, 6.45) is 0. The number of nitrogen functional groups attached to an aromatic ring is 1. The van der Waals surface area contributed by atoms with Crippen LogP contribution < -0.4 is 16.6 Å². The highest BCUT2D eigenvalue weighted by Gasteiger charge is 2.12. The van der Waals surface area contributed by atoms with E-state index in [1.165, 1.54) is 0 Å². The molecule has 1 heterocycles. The van der Waals surface area contributed by atoms with Crippen molar-refractivity contribution in [2.45, 2.75) is 40.5 Å². The van der Waals surface area contributed by atoms with Gasteiger partial charge >= 0.3 is 0 Å². The molecule has 0 spiro atoms. The van der Waals surface area contributed by atoms with Crippen molar-refractivity contribution in [2.75, 3.05) is 17.3 Å². The van der Waals surface area contributed by atoms with Crippen molar-refractivity contribution in [2.24, 2.45) is 11.8 Å². The van der Waals surface area contributed by atoms with Crippen LogP contribution in [0.15, 0.2) is 0 Å². The summed E-state index contributed by atoms with van der Waals surface area (Å²) in [7, 11) is 0. The molecule has 0 radical (unpaired) electrons. The summed E-state index contributed by atoms with van der Waals surface area (Å²) in [5, 5.41) is 3.34. The zero-order valence-electron chi connectivity index (χ0n) is 11.3. The Kier molecular flexibility index (Phi) is 4.69. The fourth-order valence-corrected chi connectivity index (χ4v) is 1.41. The van der Waals surface area contributed by atoms with Gasteiger partial charge in [-0.25, -0.2) is 15.8 Å². The summed E-state index contributed by atoms with van der Waals surface area (Å²) >= 11 is 0. The average Bonchev–Trinajstić information content (AvgIpc) is 2.27. The van der Waals surface area contributed by atoms with Crippen LogP contribution in [0.25, 0.3) is 0 Å². The molecule has 5 heteroatoms. The first-order valence-corrected chi connectivity index (χ1v) is 6.04. The fourth-order valence-electron chi connectivity index (χ4n) is 1.41. The van der Waals surface area contributed by atoms with Gasteiger partial charge in [0.15, 0.2) is 0 Å². The van der Waals surface area contributed by atoms with Gasteiger partial charge in [0.05, 0.1) is 0 Å². The van der Waals surface area contributed by atoms with Crippen LogP contribution >= 0.6 is 0 Å². The zero-order valence-corrected chi connectivity index (χ0v) is 11.3. The third-order valence-corrected chi connectivity index (χ3v) is 2.49. The van der Waals surface area contributed by atoms with Gasteiger partial charge in [-0.05, 0) is 12.8 Å². The summed E-state index contributed by atoms with van der Waals surface area (Å²) in [4.78, 5) is 8.93. The van der Waals surface area contributed by atoms with E-state index in [4.69, 9.17) is 5.84 Å². The van der Waals surface area contributed by atoms with Crippen molar-refractivity contribution >= 4 is 11.6 Å². The second kappa shape index (κ2) is 5.82. The Morgan fingerprint density at radius 3 is 2.18 bits per heavy atom. The van der Waals surface area contributed by atoms with Crippen molar-refractivity contribution in [3.05, 3.63) is 11.4 Å². The third-order valence-electron chi connectivity index (χ3n) is 2.49. The topological polar surface area (TPSA) is 75.9 Å². The summed E-state index contributed by atoms with van der Waals surface area (Å²) in [5.74, 6) is 8.68. The Labute approximate surface area is 103 Å². The SMILES string of the molecule is Cc1c(NN)nc(C(C)C)nc1NCC(C)C. The van der Waals surface area contributed by atoms with Crippen molar-refractivity contribution in [3.63, 3.8) is 0 Å². The fraction of sp³-hybridized carbons (Fsp3) is 0.667. The van der Waals surface area contributed by atoms with Crippen molar-refractivity contribution in [1.29, 1.82) is 0 Å². The van der Waals surface area contributed by atoms with Crippen LogP contribution in [-0.4, -0.2) is 16.5 Å². The number of nitrogens with two attached hydrogens (primary N) is 1. The van der Waals surface area contributed by atoms with E-state index in [1.54, 1.807) is 0 Å². The molecule has 0 fully saturated rings. The highest BCUT2D eigenvalue weighted by molar-refractivity contribution is 5.56. The van der Waals surface area contributed by atoms with Gasteiger partial charge in [-0.15, -0.1) is 0 Å². The lowest BCUT2D eigenvalue weighted by Gasteiger charge is -2.15. The Morgan fingerprint density at radius 2 is 1.71 bits per heavy atom. The lowest BCUT2D eigenvalue weighted by molar-refractivity contribution is 0.683. The maximum absolute atomic E-state index is 5.48. The maximum atomic E-state index is 5.48. The molecule has 0 bridgehead atoms. The van der Waals surface area contributed by atoms with E-state index in [1.807, 2.05) is 6.92 Å². The van der Waals surface area contributed by atoms with Crippen LogP contribution in [-0.2, 0) is 0 Å². The summed E-state index contributed by atoms with van der Waals surface area (Å²) < 4.78 is 0. The molecule has 0 aliphatic carbocycles. The van der Waals surface area contributed by atoms with Crippen LogP contribution in [0.4, 0.5) is 11.6 Å². The van der Waals surface area contributed by atoms with Gasteiger partial charge < -0.3 is 10.7 Å². The molecule has 5 nitrogen and oxygen atoms in total. The van der Waals surface area contributed by atoms with Gasteiger partial charge in [0, 0.05) is 18.0 Å². The highest BCUT2D eigenvalue weighted by atomic mass is 15.3. The van der Waals surface area contributed by atoms with Crippen LogP contribution in [0.3, 0.4) is 0 Å². The number of rotatable bonds is 5. The molecule has 0 aliphatic heterocycles. The first-order chi connectivity index (χ1) is 7.95. The van der Waals surface area contributed by atoms with Gasteiger partial charge in [-0.2, -0.15) is 0 Å². The molecule has 0 aliphatic rings. The average molecular weight is 237 g/mol. The number of hydrogen-bond acceptors (Lipinski definition) is 5. The largest absolute Gasteiger partial charge is 0.369 e. The minimum atomic E-state index is 0.280. The van der Waals surface area contributed by atoms with Crippen molar-refractivity contribution in [3.8, 4) is 0 Å². The van der Waals surface area contributed by atoms with E-state index in [2.05, 4.69) is 48.4 Å². The molecule has 96 valence electrons. The Balaban J connectivity index is 3.04. The smallest absolute Gasteiger partial charge is 0.148 e. The number of hydrazine groups is 1. The van der Waals surface area contributed by atoms with E-state index in [9.17, 15) is 0 Å². The third kappa shape index (κ3) is 3.56. The van der Waals surface area contributed by atoms with Crippen molar-refractivity contribution < 1.29 is 0 Å². The van der Waals surface area contributed by atoms with Gasteiger partial charge in [0.2, 0.25) is 0 Å². The van der Waals surface area contributed by atoms with Gasteiger partial charge in [0.25, 0.3) is 0 Å². The van der Waals surface area contributed by atoms with E-state index in [0.29, 0.717) is 11.7 Å². The first kappa shape index (κ1) is 13.7. The molecular weight excluding hydrogens is 214 g/mol. The predicted molar refractivity (Wildman–Crippen MR) is 72.0 cm³/mol. The molecule has 1 rings (SSSR count). The van der Waals surface area contributed by atoms with E-state index >= 15 is 0 Å². The van der Waals surface area contributed by atoms with E-state index in [0.717, 1.165) is 23.8 Å². The monoisotopic (exact) mass is 237 g/mol. The molecule has 4 N–H and O–H groups in total. The van der Waals surface area contributed by atoms with E-state index < -0.39 is 0 Å². The van der Waals surface area contributed by atoms with Crippen LogP contribution in [0.1, 0.15) is 45.0 Å². The minimum absolute atomic E-state index is 0.280. The normalized spacial score (nSPS) is 11.1. The zero-order chi connectivity index (χ0) is 13.0. The lowest BCUT2D eigenvalue weighted by atomic mass is 10.2. The van der Waals surface area contributed by atoms with Gasteiger partial charge in [-0.3, -0.25) is 0 Å². The molecule has 1 aromatic rings. The van der Waals surface area contributed by atoms with Crippen LogP contribution in [0.5, 0.6) is 0 Å². The molecule has 0 saturated carbocycles. The number of anilines is 2. The second-order valence-corrected chi connectivity index (χ2v) is 4.98. The molecule has 0 unspecified atom stereocenters. The molecule has 0 atom stereocenters. The summed E-state index contributed by atoms with van der Waals surface area (Å²) in [6.45, 7) is 11.3. The standard InChI is InChI=1S/C12H23N5/c1-7(2)6-14-11-9(5)12(17-13)16-10(15-11)8(3)4/h7-8H,6,13H2,1-5H3,(H2,14,15,16,17). The summed E-state index contributed by atoms with van der Waals surface area (Å²) in [6, 6.07) is 0. The number of aromatic nitrogens is 2. The minimum Gasteiger partial charge on any atom is -0.369 e.